The van der Waals surface area contributed by atoms with E-state index in [9.17, 15) is 0 Å². The van der Waals surface area contributed by atoms with Crippen molar-refractivity contribution in [2.75, 3.05) is 13.7 Å². The minimum atomic E-state index is 0.305. The highest BCUT2D eigenvalue weighted by molar-refractivity contribution is 5.02. The molecule has 1 aliphatic heterocycles. The molecule has 1 fully saturated rings. The van der Waals surface area contributed by atoms with Crippen LogP contribution in [0.15, 0.2) is 12.4 Å². The van der Waals surface area contributed by atoms with Crippen molar-refractivity contribution < 1.29 is 4.74 Å². The summed E-state index contributed by atoms with van der Waals surface area (Å²) in [6.45, 7) is 6.09. The van der Waals surface area contributed by atoms with E-state index in [0.717, 1.165) is 25.4 Å². The van der Waals surface area contributed by atoms with Gasteiger partial charge in [0, 0.05) is 24.9 Å². The van der Waals surface area contributed by atoms with Crippen LogP contribution in [0.5, 0.6) is 0 Å². The molecule has 90 valence electrons. The number of rotatable bonds is 4. The highest BCUT2D eigenvalue weighted by atomic mass is 16.5. The molecular weight excluding hydrogens is 202 g/mol. The molecule has 4 heteroatoms. The average molecular weight is 223 g/mol. The minimum Gasteiger partial charge on any atom is -0.378 e. The molecular formula is C12H21N3O. The molecule has 0 bridgehead atoms. The summed E-state index contributed by atoms with van der Waals surface area (Å²) in [4.78, 5) is 4.47. The number of hydrogen-bond acceptors (Lipinski definition) is 3. The molecule has 0 aromatic carbocycles. The fourth-order valence-electron chi connectivity index (χ4n) is 2.53. The zero-order chi connectivity index (χ0) is 11.5. The van der Waals surface area contributed by atoms with Gasteiger partial charge in [0.15, 0.2) is 0 Å². The Morgan fingerprint density at radius 1 is 1.69 bits per heavy atom. The van der Waals surface area contributed by atoms with Crippen molar-refractivity contribution in [2.45, 2.75) is 39.0 Å². The molecule has 0 radical (unpaired) electrons. The van der Waals surface area contributed by atoms with Crippen LogP contribution >= 0.6 is 0 Å². The van der Waals surface area contributed by atoms with Crippen LogP contribution in [0.3, 0.4) is 0 Å². The van der Waals surface area contributed by atoms with Gasteiger partial charge in [-0.3, -0.25) is 0 Å². The van der Waals surface area contributed by atoms with Gasteiger partial charge in [0.1, 0.15) is 5.82 Å². The van der Waals surface area contributed by atoms with E-state index in [1.54, 1.807) is 0 Å². The second-order valence-electron chi connectivity index (χ2n) is 4.48. The lowest BCUT2D eigenvalue weighted by Crippen LogP contribution is -2.28. The van der Waals surface area contributed by atoms with E-state index in [2.05, 4.69) is 28.7 Å². The Kier molecular flexibility index (Phi) is 3.61. The summed E-state index contributed by atoms with van der Waals surface area (Å²) in [5.74, 6) is 1.67. The van der Waals surface area contributed by atoms with Crippen molar-refractivity contribution in [2.24, 2.45) is 5.92 Å². The first kappa shape index (κ1) is 11.6. The van der Waals surface area contributed by atoms with Gasteiger partial charge in [-0.15, -0.1) is 0 Å². The second-order valence-corrected chi connectivity index (χ2v) is 4.48. The summed E-state index contributed by atoms with van der Waals surface area (Å²) >= 11 is 0. The molecule has 0 aliphatic carbocycles. The fraction of sp³-hybridized carbons (Fsp3) is 0.750. The molecule has 1 aromatic heterocycles. The van der Waals surface area contributed by atoms with Crippen LogP contribution in [0.4, 0.5) is 0 Å². The Morgan fingerprint density at radius 3 is 3.06 bits per heavy atom. The predicted molar refractivity (Wildman–Crippen MR) is 63.2 cm³/mol. The first-order chi connectivity index (χ1) is 7.76. The third-order valence-electron chi connectivity index (χ3n) is 3.38. The van der Waals surface area contributed by atoms with Crippen LogP contribution in [0.1, 0.15) is 32.1 Å². The first-order valence-electron chi connectivity index (χ1n) is 6.06. The smallest absolute Gasteiger partial charge is 0.126 e. The SMILES string of the molecule is CCn1ccnc1C(NC)C1COC(C)C1. The molecule has 16 heavy (non-hydrogen) atoms. The molecule has 2 rings (SSSR count). The maximum atomic E-state index is 5.64. The molecule has 0 saturated carbocycles. The quantitative estimate of drug-likeness (QED) is 0.842. The van der Waals surface area contributed by atoms with Gasteiger partial charge in [-0.2, -0.15) is 0 Å². The van der Waals surface area contributed by atoms with Crippen molar-refractivity contribution in [1.29, 1.82) is 0 Å². The van der Waals surface area contributed by atoms with E-state index in [0.29, 0.717) is 18.1 Å². The number of nitrogens with one attached hydrogen (secondary N) is 1. The van der Waals surface area contributed by atoms with Crippen molar-refractivity contribution in [3.05, 3.63) is 18.2 Å². The summed E-state index contributed by atoms with van der Waals surface area (Å²) in [7, 11) is 2.00. The molecule has 1 N–H and O–H groups in total. The van der Waals surface area contributed by atoms with Crippen LogP contribution in [-0.4, -0.2) is 29.3 Å². The summed E-state index contributed by atoms with van der Waals surface area (Å²) in [6, 6.07) is 0.305. The third kappa shape index (κ3) is 2.13. The predicted octanol–water partition coefficient (Wildman–Crippen LogP) is 1.59. The number of nitrogens with zero attached hydrogens (tertiary/aromatic N) is 2. The van der Waals surface area contributed by atoms with Crippen LogP contribution < -0.4 is 5.32 Å². The number of aryl methyl sites for hydroxylation is 1. The van der Waals surface area contributed by atoms with Gasteiger partial charge in [-0.05, 0) is 27.3 Å². The molecule has 3 atom stereocenters. The van der Waals surface area contributed by atoms with Crippen molar-refractivity contribution in [3.8, 4) is 0 Å². The van der Waals surface area contributed by atoms with Gasteiger partial charge in [0.05, 0.1) is 18.8 Å². The Labute approximate surface area is 97.0 Å². The monoisotopic (exact) mass is 223 g/mol. The Hall–Kier alpha value is -0.870. The van der Waals surface area contributed by atoms with Gasteiger partial charge < -0.3 is 14.6 Å². The molecule has 1 aromatic rings. The van der Waals surface area contributed by atoms with Crippen molar-refractivity contribution >= 4 is 0 Å². The summed E-state index contributed by atoms with van der Waals surface area (Å²) < 4.78 is 7.84. The number of hydrogen-bond donors (Lipinski definition) is 1. The van der Waals surface area contributed by atoms with E-state index >= 15 is 0 Å². The molecule has 2 heterocycles. The zero-order valence-corrected chi connectivity index (χ0v) is 10.3. The second kappa shape index (κ2) is 4.97. The molecule has 3 unspecified atom stereocenters. The summed E-state index contributed by atoms with van der Waals surface area (Å²) in [5, 5.41) is 3.38. The summed E-state index contributed by atoms with van der Waals surface area (Å²) in [6.07, 6.45) is 5.41. The van der Waals surface area contributed by atoms with Gasteiger partial charge in [0.2, 0.25) is 0 Å². The first-order valence-corrected chi connectivity index (χ1v) is 6.06. The van der Waals surface area contributed by atoms with Gasteiger partial charge in [-0.1, -0.05) is 0 Å². The standard InChI is InChI=1S/C12H21N3O/c1-4-15-6-5-14-12(15)11(13-3)10-7-9(2)16-8-10/h5-6,9-11,13H,4,7-8H2,1-3H3. The lowest BCUT2D eigenvalue weighted by Gasteiger charge is -2.22. The van der Waals surface area contributed by atoms with E-state index in [1.807, 2.05) is 19.4 Å². The topological polar surface area (TPSA) is 39.1 Å². The maximum absolute atomic E-state index is 5.64. The van der Waals surface area contributed by atoms with E-state index in [-0.39, 0.29) is 0 Å². The number of imidazole rings is 1. The van der Waals surface area contributed by atoms with Crippen LogP contribution in [0.25, 0.3) is 0 Å². The lowest BCUT2D eigenvalue weighted by atomic mass is 9.96. The Bertz CT molecular complexity index is 337. The molecule has 0 amide bonds. The van der Waals surface area contributed by atoms with E-state index < -0.39 is 0 Å². The lowest BCUT2D eigenvalue weighted by molar-refractivity contribution is 0.116. The van der Waals surface area contributed by atoms with Gasteiger partial charge in [-0.25, -0.2) is 4.98 Å². The minimum absolute atomic E-state index is 0.305. The highest BCUT2D eigenvalue weighted by Crippen LogP contribution is 2.30. The molecule has 1 aliphatic rings. The van der Waals surface area contributed by atoms with Gasteiger partial charge in [0.25, 0.3) is 0 Å². The number of ether oxygens (including phenoxy) is 1. The van der Waals surface area contributed by atoms with E-state index in [4.69, 9.17) is 4.74 Å². The molecule has 1 saturated heterocycles. The van der Waals surface area contributed by atoms with E-state index in [1.165, 1.54) is 0 Å². The molecule has 4 nitrogen and oxygen atoms in total. The van der Waals surface area contributed by atoms with Crippen molar-refractivity contribution in [3.63, 3.8) is 0 Å². The molecule has 0 spiro atoms. The number of aromatic nitrogens is 2. The van der Waals surface area contributed by atoms with Crippen LogP contribution in [-0.2, 0) is 11.3 Å². The highest BCUT2D eigenvalue weighted by Gasteiger charge is 2.31. The third-order valence-corrected chi connectivity index (χ3v) is 3.38. The Morgan fingerprint density at radius 2 is 2.50 bits per heavy atom. The average Bonchev–Trinajstić information content (AvgIpc) is 2.89. The van der Waals surface area contributed by atoms with Crippen LogP contribution in [0.2, 0.25) is 0 Å². The van der Waals surface area contributed by atoms with Crippen molar-refractivity contribution in [1.82, 2.24) is 14.9 Å². The Balaban J connectivity index is 2.16. The normalized spacial score (nSPS) is 27.2. The summed E-state index contributed by atoms with van der Waals surface area (Å²) in [5.41, 5.74) is 0. The van der Waals surface area contributed by atoms with Crippen LogP contribution in [0, 0.1) is 5.92 Å². The zero-order valence-electron chi connectivity index (χ0n) is 10.3. The largest absolute Gasteiger partial charge is 0.378 e. The van der Waals surface area contributed by atoms with Gasteiger partial charge >= 0.3 is 0 Å². The maximum Gasteiger partial charge on any atom is 0.126 e. The fourth-order valence-corrected chi connectivity index (χ4v) is 2.53.